The molecule has 0 fully saturated rings. The van der Waals surface area contributed by atoms with Crippen molar-refractivity contribution in [3.8, 4) is 0 Å². The second-order valence-electron chi connectivity index (χ2n) is 3.69. The summed E-state index contributed by atoms with van der Waals surface area (Å²) in [7, 11) is 0. The number of carbonyl (C=O) groups is 1. The Labute approximate surface area is 107 Å². The predicted molar refractivity (Wildman–Crippen MR) is 70.1 cm³/mol. The molecule has 1 rings (SSSR count). The van der Waals surface area contributed by atoms with E-state index in [4.69, 9.17) is 4.74 Å². The van der Waals surface area contributed by atoms with Crippen LogP contribution in [0.2, 0.25) is 0 Å². The monoisotopic (exact) mass is 253 g/mol. The van der Waals surface area contributed by atoms with Gasteiger partial charge in [-0.2, -0.15) is 0 Å². The van der Waals surface area contributed by atoms with E-state index in [9.17, 15) is 4.79 Å². The SMILES string of the molecule is CCCCCOC(=O)CCSc1ccccn1. The highest BCUT2D eigenvalue weighted by Crippen LogP contribution is 2.15. The van der Waals surface area contributed by atoms with E-state index in [1.807, 2.05) is 18.2 Å². The Morgan fingerprint density at radius 3 is 3.00 bits per heavy atom. The average molecular weight is 253 g/mol. The normalized spacial score (nSPS) is 10.2. The second kappa shape index (κ2) is 9.05. The molecule has 17 heavy (non-hydrogen) atoms. The molecule has 0 unspecified atom stereocenters. The van der Waals surface area contributed by atoms with Crippen LogP contribution in [0.1, 0.15) is 32.6 Å². The standard InChI is InChI=1S/C13H19NO2S/c1-2-3-6-10-16-13(15)8-11-17-12-7-4-5-9-14-12/h4-5,7,9H,2-3,6,8,10-11H2,1H3. The molecule has 0 spiro atoms. The van der Waals surface area contributed by atoms with Crippen LogP contribution >= 0.6 is 11.8 Å². The van der Waals surface area contributed by atoms with Crippen molar-refractivity contribution in [1.82, 2.24) is 4.98 Å². The maximum absolute atomic E-state index is 11.3. The number of aromatic nitrogens is 1. The van der Waals surface area contributed by atoms with Crippen LogP contribution in [0.15, 0.2) is 29.4 Å². The van der Waals surface area contributed by atoms with Gasteiger partial charge >= 0.3 is 5.97 Å². The number of pyridine rings is 1. The Morgan fingerprint density at radius 2 is 2.29 bits per heavy atom. The van der Waals surface area contributed by atoms with Gasteiger partial charge in [-0.1, -0.05) is 25.8 Å². The topological polar surface area (TPSA) is 39.2 Å². The summed E-state index contributed by atoms with van der Waals surface area (Å²) in [6, 6.07) is 5.77. The van der Waals surface area contributed by atoms with Gasteiger partial charge in [0, 0.05) is 11.9 Å². The first-order valence-corrected chi connectivity index (χ1v) is 7.01. The fourth-order valence-electron chi connectivity index (χ4n) is 1.28. The number of unbranched alkanes of at least 4 members (excludes halogenated alkanes) is 2. The number of esters is 1. The summed E-state index contributed by atoms with van der Waals surface area (Å²) in [5.74, 6) is 0.619. The van der Waals surface area contributed by atoms with Gasteiger partial charge in [0.1, 0.15) is 0 Å². The quantitative estimate of drug-likeness (QED) is 0.405. The lowest BCUT2D eigenvalue weighted by Gasteiger charge is -2.03. The molecule has 0 amide bonds. The van der Waals surface area contributed by atoms with Gasteiger partial charge < -0.3 is 4.74 Å². The number of ether oxygens (including phenoxy) is 1. The number of thioether (sulfide) groups is 1. The maximum atomic E-state index is 11.3. The smallest absolute Gasteiger partial charge is 0.306 e. The number of hydrogen-bond acceptors (Lipinski definition) is 4. The zero-order valence-corrected chi connectivity index (χ0v) is 11.0. The minimum atomic E-state index is -0.107. The van der Waals surface area contributed by atoms with Gasteiger partial charge in [-0.05, 0) is 18.6 Å². The van der Waals surface area contributed by atoms with E-state index in [1.54, 1.807) is 18.0 Å². The van der Waals surface area contributed by atoms with E-state index in [-0.39, 0.29) is 5.97 Å². The van der Waals surface area contributed by atoms with Crippen molar-refractivity contribution < 1.29 is 9.53 Å². The van der Waals surface area contributed by atoms with Gasteiger partial charge in [0.05, 0.1) is 18.1 Å². The fraction of sp³-hybridized carbons (Fsp3) is 0.538. The van der Waals surface area contributed by atoms with Crippen LogP contribution in [0, 0.1) is 0 Å². The van der Waals surface area contributed by atoms with Gasteiger partial charge in [0.15, 0.2) is 0 Å². The van der Waals surface area contributed by atoms with Gasteiger partial charge in [-0.25, -0.2) is 4.98 Å². The molecule has 0 bridgehead atoms. The Morgan fingerprint density at radius 1 is 1.41 bits per heavy atom. The first-order valence-electron chi connectivity index (χ1n) is 6.02. The molecule has 0 radical (unpaired) electrons. The minimum Gasteiger partial charge on any atom is -0.466 e. The lowest BCUT2D eigenvalue weighted by molar-refractivity contribution is -0.143. The average Bonchev–Trinajstić information content (AvgIpc) is 2.36. The van der Waals surface area contributed by atoms with Crippen LogP contribution in [-0.4, -0.2) is 23.3 Å². The fourth-order valence-corrected chi connectivity index (χ4v) is 2.07. The molecular formula is C13H19NO2S. The Hall–Kier alpha value is -1.03. The van der Waals surface area contributed by atoms with Crippen molar-refractivity contribution >= 4 is 17.7 Å². The summed E-state index contributed by atoms with van der Waals surface area (Å²) in [6.45, 7) is 2.69. The highest BCUT2D eigenvalue weighted by Gasteiger charge is 2.03. The molecule has 3 nitrogen and oxygen atoms in total. The molecule has 0 saturated carbocycles. The third-order valence-electron chi connectivity index (χ3n) is 2.20. The third-order valence-corrected chi connectivity index (χ3v) is 3.15. The zero-order chi connectivity index (χ0) is 12.3. The summed E-state index contributed by atoms with van der Waals surface area (Å²) in [6.07, 6.45) is 5.44. The maximum Gasteiger partial charge on any atom is 0.306 e. The molecule has 0 aliphatic rings. The number of rotatable bonds is 8. The second-order valence-corrected chi connectivity index (χ2v) is 4.81. The summed E-state index contributed by atoms with van der Waals surface area (Å²) < 4.78 is 5.11. The summed E-state index contributed by atoms with van der Waals surface area (Å²) in [5, 5.41) is 0.950. The molecule has 94 valence electrons. The molecule has 0 saturated heterocycles. The van der Waals surface area contributed by atoms with Crippen molar-refractivity contribution in [2.45, 2.75) is 37.6 Å². The van der Waals surface area contributed by atoms with Gasteiger partial charge in [-0.15, -0.1) is 11.8 Å². The van der Waals surface area contributed by atoms with Crippen LogP contribution in [0.5, 0.6) is 0 Å². The van der Waals surface area contributed by atoms with Crippen molar-refractivity contribution in [2.75, 3.05) is 12.4 Å². The molecule has 1 heterocycles. The molecule has 4 heteroatoms. The summed E-state index contributed by atoms with van der Waals surface area (Å²) >= 11 is 1.58. The van der Waals surface area contributed by atoms with Crippen LogP contribution < -0.4 is 0 Å². The van der Waals surface area contributed by atoms with E-state index >= 15 is 0 Å². The van der Waals surface area contributed by atoms with Crippen LogP contribution in [0.3, 0.4) is 0 Å². The Balaban J connectivity index is 2.04. The van der Waals surface area contributed by atoms with Crippen LogP contribution in [0.4, 0.5) is 0 Å². The van der Waals surface area contributed by atoms with Crippen molar-refractivity contribution in [1.29, 1.82) is 0 Å². The summed E-state index contributed by atoms with van der Waals surface area (Å²) in [5.41, 5.74) is 0. The first kappa shape index (κ1) is 14.0. The van der Waals surface area contributed by atoms with Gasteiger partial charge in [-0.3, -0.25) is 4.79 Å². The van der Waals surface area contributed by atoms with Crippen molar-refractivity contribution in [3.05, 3.63) is 24.4 Å². The Kier molecular flexibility index (Phi) is 7.47. The summed E-state index contributed by atoms with van der Waals surface area (Å²) in [4.78, 5) is 15.5. The number of carbonyl (C=O) groups excluding carboxylic acids is 1. The lowest BCUT2D eigenvalue weighted by Crippen LogP contribution is -2.06. The molecule has 0 aliphatic carbocycles. The number of nitrogens with zero attached hydrogens (tertiary/aromatic N) is 1. The van der Waals surface area contributed by atoms with E-state index in [0.717, 1.165) is 30.0 Å². The molecule has 0 aromatic carbocycles. The molecule has 0 aliphatic heterocycles. The lowest BCUT2D eigenvalue weighted by atomic mass is 10.3. The third kappa shape index (κ3) is 7.00. The van der Waals surface area contributed by atoms with E-state index in [0.29, 0.717) is 13.0 Å². The molecular weight excluding hydrogens is 234 g/mol. The van der Waals surface area contributed by atoms with Crippen LogP contribution in [-0.2, 0) is 9.53 Å². The highest BCUT2D eigenvalue weighted by molar-refractivity contribution is 7.99. The molecule has 0 atom stereocenters. The van der Waals surface area contributed by atoms with Gasteiger partial charge in [0.2, 0.25) is 0 Å². The van der Waals surface area contributed by atoms with Crippen molar-refractivity contribution in [3.63, 3.8) is 0 Å². The molecule has 1 aromatic heterocycles. The number of hydrogen-bond donors (Lipinski definition) is 0. The van der Waals surface area contributed by atoms with E-state index in [1.165, 1.54) is 0 Å². The predicted octanol–water partition coefficient (Wildman–Crippen LogP) is 3.30. The zero-order valence-electron chi connectivity index (χ0n) is 10.2. The van der Waals surface area contributed by atoms with Crippen LogP contribution in [0.25, 0.3) is 0 Å². The largest absolute Gasteiger partial charge is 0.466 e. The van der Waals surface area contributed by atoms with Crippen molar-refractivity contribution in [2.24, 2.45) is 0 Å². The van der Waals surface area contributed by atoms with E-state index in [2.05, 4.69) is 11.9 Å². The molecule has 0 N–H and O–H groups in total. The van der Waals surface area contributed by atoms with E-state index < -0.39 is 0 Å². The van der Waals surface area contributed by atoms with Gasteiger partial charge in [0.25, 0.3) is 0 Å². The Bertz CT molecular complexity index is 316. The molecule has 1 aromatic rings. The first-order chi connectivity index (χ1) is 8.33. The highest BCUT2D eigenvalue weighted by atomic mass is 32.2. The minimum absolute atomic E-state index is 0.107.